The van der Waals surface area contributed by atoms with E-state index < -0.39 is 68.3 Å². The molecule has 0 N–H and O–H groups in total. The Hall–Kier alpha value is -3.16. The zero-order chi connectivity index (χ0) is 28.1. The topological polar surface area (TPSA) is 123 Å². The molecule has 1 aliphatic heterocycles. The van der Waals surface area contributed by atoms with Gasteiger partial charge in [-0.15, -0.1) is 10.1 Å². The van der Waals surface area contributed by atoms with Gasteiger partial charge >= 0.3 is 28.5 Å². The van der Waals surface area contributed by atoms with E-state index in [4.69, 9.17) is 0 Å². The van der Waals surface area contributed by atoms with Gasteiger partial charge in [0.15, 0.2) is 0 Å². The highest BCUT2D eigenvalue weighted by atomic mass is 32.5. The third-order valence-electron chi connectivity index (χ3n) is 4.04. The summed E-state index contributed by atoms with van der Waals surface area (Å²) < 4.78 is 123. The number of hydrogen-bond donors (Lipinski definition) is 0. The number of esters is 1. The van der Waals surface area contributed by atoms with Gasteiger partial charge < -0.3 is 23.8 Å². The fourth-order valence-electron chi connectivity index (χ4n) is 2.54. The summed E-state index contributed by atoms with van der Waals surface area (Å²) >= 11 is 1.09. The lowest BCUT2D eigenvalue weighted by molar-refractivity contribution is -0.756. The molecule has 210 valence electrons. The van der Waals surface area contributed by atoms with Gasteiger partial charge in [-0.1, -0.05) is 19.4 Å². The predicted molar refractivity (Wildman–Crippen MR) is 110 cm³/mol. The molecule has 10 nitrogen and oxygen atoms in total. The highest BCUT2D eigenvalue weighted by Crippen LogP contribution is 3.02. The van der Waals surface area contributed by atoms with E-state index in [0.29, 0.717) is 0 Å². The summed E-state index contributed by atoms with van der Waals surface area (Å²) in [5.41, 5.74) is -2.30. The van der Waals surface area contributed by atoms with Crippen LogP contribution in [0.1, 0.15) is 5.56 Å². The molecule has 1 aliphatic rings. The minimum absolute atomic E-state index is 0.147. The van der Waals surface area contributed by atoms with Gasteiger partial charge in [0, 0.05) is 17.1 Å². The average molecular weight is 593 g/mol. The molecule has 1 aromatic rings. The van der Waals surface area contributed by atoms with E-state index in [-0.39, 0.29) is 49.0 Å². The van der Waals surface area contributed by atoms with Crippen LogP contribution in [0, 0.1) is 10.1 Å². The van der Waals surface area contributed by atoms with Crippen LogP contribution in [0.25, 0.3) is 6.08 Å². The zero-order valence-corrected chi connectivity index (χ0v) is 19.5. The molecule has 37 heavy (non-hydrogen) atoms. The zero-order valence-electron chi connectivity index (χ0n) is 17.9. The molecule has 0 unspecified atom stereocenters. The maximum Gasteiger partial charge on any atom is 0.511 e. The Balaban J connectivity index is 2.00. The Kier molecular flexibility index (Phi) is 8.37. The molecule has 1 aromatic carbocycles. The van der Waals surface area contributed by atoms with Gasteiger partial charge in [-0.2, -0.15) is 24.9 Å². The number of carbonyl (C=O) groups is 2. The molecule has 0 fully saturated rings. The van der Waals surface area contributed by atoms with Crippen LogP contribution in [0.4, 0.5) is 37.4 Å². The predicted octanol–water partition coefficient (Wildman–Crippen LogP) is 5.65. The van der Waals surface area contributed by atoms with Crippen molar-refractivity contribution in [2.24, 2.45) is 0 Å². The third kappa shape index (κ3) is 9.34. The normalized spacial score (nSPS) is 17.2. The third-order valence-corrected chi connectivity index (χ3v) is 6.09. The molecule has 0 aromatic heterocycles. The van der Waals surface area contributed by atoms with Crippen LogP contribution in [-0.4, -0.2) is 61.0 Å². The van der Waals surface area contributed by atoms with Crippen LogP contribution >= 0.6 is 22.0 Å². The summed E-state index contributed by atoms with van der Waals surface area (Å²) in [5.74, 6) is -2.36. The van der Waals surface area contributed by atoms with Gasteiger partial charge in [0.05, 0.1) is 5.57 Å². The summed E-state index contributed by atoms with van der Waals surface area (Å²) in [6.07, 6.45) is -9.47. The number of fused-ring (bicyclic) bond motifs is 1. The van der Waals surface area contributed by atoms with Gasteiger partial charge in [0.25, 0.3) is 5.09 Å². The van der Waals surface area contributed by atoms with Crippen molar-refractivity contribution in [1.82, 2.24) is 0 Å². The number of alkyl halides is 3. The number of halogens is 8. The van der Waals surface area contributed by atoms with Crippen LogP contribution < -0.4 is 4.74 Å². The fourth-order valence-corrected chi connectivity index (χ4v) is 3.81. The maximum atomic E-state index is 13.4. The first kappa shape index (κ1) is 30.1. The van der Waals surface area contributed by atoms with Crippen molar-refractivity contribution in [2.45, 2.75) is 17.2 Å². The number of hydrogen-bond acceptors (Lipinski definition) is 10. The van der Waals surface area contributed by atoms with Crippen molar-refractivity contribution in [1.29, 1.82) is 0 Å². The summed E-state index contributed by atoms with van der Waals surface area (Å²) in [6, 6.07) is -0.0673. The number of benzene rings is 1. The van der Waals surface area contributed by atoms with Crippen LogP contribution in [0.3, 0.4) is 0 Å². The van der Waals surface area contributed by atoms with E-state index in [2.05, 4.69) is 23.8 Å². The Morgan fingerprint density at radius 2 is 1.70 bits per heavy atom. The van der Waals surface area contributed by atoms with E-state index in [9.17, 15) is 52.3 Å². The molecule has 0 amide bonds. The monoisotopic (exact) mass is 593 g/mol. The fraction of sp³-hybridized carbons (Fsp3) is 0.412. The lowest BCUT2D eigenvalue weighted by Crippen LogP contribution is -2.41. The molecule has 0 saturated carbocycles. The molecule has 0 aliphatic carbocycles. The number of rotatable bonds is 11. The largest absolute Gasteiger partial charge is 0.511 e. The number of ether oxygens (including phenoxy) is 4. The van der Waals surface area contributed by atoms with Crippen molar-refractivity contribution in [3.63, 3.8) is 0 Å². The maximum absolute atomic E-state index is 13.4. The van der Waals surface area contributed by atoms with E-state index in [1.807, 2.05) is 0 Å². The van der Waals surface area contributed by atoms with Crippen molar-refractivity contribution in [3.8, 4) is 5.75 Å². The van der Waals surface area contributed by atoms with Crippen LogP contribution in [0.2, 0.25) is 0 Å². The summed E-state index contributed by atoms with van der Waals surface area (Å²) in [7, 11) is -10.2. The Morgan fingerprint density at radius 3 is 2.30 bits per heavy atom. The van der Waals surface area contributed by atoms with Gasteiger partial charge in [-0.3, -0.25) is 0 Å². The first-order valence-corrected chi connectivity index (χ1v) is 12.5. The lowest BCUT2D eigenvalue weighted by atomic mass is 10.0. The SMILES string of the molecule is O=C(OCCSCCO[N+](=O)[O-])OCOC(=O)C1=Cc2cc(S(F)(F)(F)(F)F)ccc2O[C@@H]1C(F)(F)F. The Bertz CT molecular complexity index is 1080. The standard InChI is InChI=1S/C17H15F8NO9S2/c18-17(19,20)14-12(8-10-7-11(1-2-13(10)35-14)37(21,22,23,24)25)15(27)32-9-33-16(28)31-3-5-36-6-4-34-26(29)30/h1-2,7-8,14H,3-6,9H2/t14-/m0/s1. The summed E-state index contributed by atoms with van der Waals surface area (Å²) in [4.78, 5) is 35.1. The Labute approximate surface area is 205 Å². The second kappa shape index (κ2) is 10.3. The quantitative estimate of drug-likeness (QED) is 0.0795. The lowest BCUT2D eigenvalue weighted by Gasteiger charge is -2.41. The van der Waals surface area contributed by atoms with Gasteiger partial charge in [-0.25, -0.2) is 9.59 Å². The molecule has 0 radical (unpaired) electrons. The molecular formula is C17H15F8NO9S2. The van der Waals surface area contributed by atoms with Crippen molar-refractivity contribution >= 4 is 40.2 Å². The van der Waals surface area contributed by atoms with Crippen molar-refractivity contribution in [2.75, 3.05) is 31.5 Å². The van der Waals surface area contributed by atoms with Gasteiger partial charge in [0.2, 0.25) is 12.9 Å². The first-order valence-electron chi connectivity index (χ1n) is 9.43. The number of carbonyl (C=O) groups excluding carboxylic acids is 2. The highest BCUT2D eigenvalue weighted by molar-refractivity contribution is 8.45. The number of thioether (sulfide) groups is 1. The van der Waals surface area contributed by atoms with E-state index in [1.165, 1.54) is 0 Å². The molecule has 0 saturated heterocycles. The highest BCUT2D eigenvalue weighted by Gasteiger charge is 2.65. The van der Waals surface area contributed by atoms with Crippen molar-refractivity contribution < 1.29 is 71.1 Å². The summed E-state index contributed by atoms with van der Waals surface area (Å²) in [5, 5.41) is 8.94. The molecule has 0 bridgehead atoms. The van der Waals surface area contributed by atoms with Gasteiger partial charge in [0.1, 0.15) is 23.9 Å². The molecule has 1 heterocycles. The van der Waals surface area contributed by atoms with E-state index in [1.54, 1.807) is 0 Å². The average Bonchev–Trinajstić information content (AvgIpc) is 2.74. The van der Waals surface area contributed by atoms with E-state index in [0.717, 1.165) is 11.8 Å². The van der Waals surface area contributed by atoms with Crippen molar-refractivity contribution in [3.05, 3.63) is 39.4 Å². The van der Waals surface area contributed by atoms with E-state index >= 15 is 0 Å². The minimum atomic E-state index is -10.2. The molecule has 20 heteroatoms. The van der Waals surface area contributed by atoms with Crippen LogP contribution in [0.5, 0.6) is 5.75 Å². The smallest absolute Gasteiger partial charge is 0.475 e. The second-order valence-electron chi connectivity index (χ2n) is 6.77. The molecule has 1 atom stereocenters. The Morgan fingerprint density at radius 1 is 1.05 bits per heavy atom. The molecular weight excluding hydrogens is 578 g/mol. The summed E-state index contributed by atoms with van der Waals surface area (Å²) in [6.45, 7) is -1.76. The molecule has 0 spiro atoms. The minimum Gasteiger partial charge on any atom is -0.475 e. The van der Waals surface area contributed by atoms with Crippen LogP contribution in [-0.2, 0) is 23.8 Å². The molecule has 2 rings (SSSR count). The first-order chi connectivity index (χ1) is 16.8. The van der Waals surface area contributed by atoms with Crippen LogP contribution in [0.15, 0.2) is 28.7 Å². The van der Waals surface area contributed by atoms with Gasteiger partial charge in [-0.05, 0) is 24.3 Å². The second-order valence-corrected chi connectivity index (χ2v) is 10.4. The number of nitrogens with zero attached hydrogens (tertiary/aromatic N) is 1.